The van der Waals surface area contributed by atoms with Gasteiger partial charge in [0.05, 0.1) is 16.6 Å². The monoisotopic (exact) mass is 296 g/mol. The molecule has 0 bridgehead atoms. The van der Waals surface area contributed by atoms with Crippen molar-refractivity contribution >= 4 is 17.3 Å². The average molecular weight is 296 g/mol. The number of carboxylic acid groups (broad SMARTS) is 1. The summed E-state index contributed by atoms with van der Waals surface area (Å²) < 4.78 is 5.28. The standard InChI is InChI=1S/C13H16N2O6/c1-8-13(18,4-5-21-8)7-14-10-3-2-9(12(16)17)6-11(10)15(19)20/h2-3,6,8,14,18H,4-5,7H2,1H3,(H,16,17). The van der Waals surface area contributed by atoms with E-state index in [9.17, 15) is 20.0 Å². The smallest absolute Gasteiger partial charge is 0.335 e. The molecule has 0 spiro atoms. The number of carboxylic acids is 1. The van der Waals surface area contributed by atoms with E-state index in [1.165, 1.54) is 12.1 Å². The van der Waals surface area contributed by atoms with Gasteiger partial charge in [-0.25, -0.2) is 4.79 Å². The van der Waals surface area contributed by atoms with Crippen LogP contribution in [0, 0.1) is 10.1 Å². The Hall–Kier alpha value is -2.19. The first-order valence-electron chi connectivity index (χ1n) is 6.43. The van der Waals surface area contributed by atoms with Crippen LogP contribution in [-0.4, -0.2) is 46.0 Å². The molecule has 8 heteroatoms. The van der Waals surface area contributed by atoms with E-state index >= 15 is 0 Å². The third-order valence-corrected chi connectivity index (χ3v) is 3.69. The van der Waals surface area contributed by atoms with Crippen molar-refractivity contribution in [3.8, 4) is 0 Å². The molecule has 0 saturated carbocycles. The summed E-state index contributed by atoms with van der Waals surface area (Å²) in [5, 5.41) is 33.0. The van der Waals surface area contributed by atoms with Crippen LogP contribution in [0.3, 0.4) is 0 Å². The van der Waals surface area contributed by atoms with Crippen molar-refractivity contribution in [2.45, 2.75) is 25.0 Å². The topological polar surface area (TPSA) is 122 Å². The summed E-state index contributed by atoms with van der Waals surface area (Å²) in [4.78, 5) is 21.2. The molecule has 2 unspecified atom stereocenters. The maximum atomic E-state index is 11.0. The molecule has 0 aliphatic carbocycles. The third kappa shape index (κ3) is 3.11. The predicted octanol–water partition coefficient (Wildman–Crippen LogP) is 1.24. The van der Waals surface area contributed by atoms with Gasteiger partial charge >= 0.3 is 5.97 Å². The van der Waals surface area contributed by atoms with Crippen LogP contribution >= 0.6 is 0 Å². The van der Waals surface area contributed by atoms with Gasteiger partial charge in [-0.3, -0.25) is 10.1 Å². The van der Waals surface area contributed by atoms with Crippen LogP contribution in [0.25, 0.3) is 0 Å². The number of aliphatic hydroxyl groups is 1. The van der Waals surface area contributed by atoms with E-state index in [0.717, 1.165) is 6.07 Å². The van der Waals surface area contributed by atoms with Gasteiger partial charge < -0.3 is 20.3 Å². The molecule has 0 amide bonds. The van der Waals surface area contributed by atoms with E-state index in [-0.39, 0.29) is 29.6 Å². The van der Waals surface area contributed by atoms with Crippen LogP contribution in [0.2, 0.25) is 0 Å². The fraction of sp³-hybridized carbons (Fsp3) is 0.462. The molecule has 21 heavy (non-hydrogen) atoms. The highest BCUT2D eigenvalue weighted by Gasteiger charge is 2.39. The van der Waals surface area contributed by atoms with E-state index in [2.05, 4.69) is 5.32 Å². The van der Waals surface area contributed by atoms with Gasteiger partial charge in [0.1, 0.15) is 11.3 Å². The van der Waals surface area contributed by atoms with E-state index < -0.39 is 16.5 Å². The molecular formula is C13H16N2O6. The molecule has 1 aliphatic heterocycles. The second-order valence-electron chi connectivity index (χ2n) is 5.01. The minimum atomic E-state index is -1.24. The van der Waals surface area contributed by atoms with Crippen LogP contribution in [0.1, 0.15) is 23.7 Å². The summed E-state index contributed by atoms with van der Waals surface area (Å²) >= 11 is 0. The van der Waals surface area contributed by atoms with Gasteiger partial charge in [0.2, 0.25) is 0 Å². The van der Waals surface area contributed by atoms with Crippen molar-refractivity contribution in [1.29, 1.82) is 0 Å². The average Bonchev–Trinajstić information content (AvgIpc) is 2.76. The van der Waals surface area contributed by atoms with Gasteiger partial charge in [0.15, 0.2) is 0 Å². The SMILES string of the molecule is CC1OCCC1(O)CNc1ccc(C(=O)O)cc1[N+](=O)[O-]. The molecular weight excluding hydrogens is 280 g/mol. The Bertz CT molecular complexity index is 576. The van der Waals surface area contributed by atoms with Crippen LogP contribution in [0.5, 0.6) is 0 Å². The lowest BCUT2D eigenvalue weighted by Gasteiger charge is -2.26. The predicted molar refractivity (Wildman–Crippen MR) is 73.5 cm³/mol. The fourth-order valence-electron chi connectivity index (χ4n) is 2.22. The Morgan fingerprint density at radius 2 is 2.33 bits per heavy atom. The largest absolute Gasteiger partial charge is 0.478 e. The molecule has 1 heterocycles. The second kappa shape index (κ2) is 5.66. The number of rotatable bonds is 5. The number of nitro groups is 1. The molecule has 1 aliphatic rings. The first kappa shape index (κ1) is 15.2. The van der Waals surface area contributed by atoms with Gasteiger partial charge in [-0.1, -0.05) is 0 Å². The number of aromatic carboxylic acids is 1. The number of anilines is 1. The van der Waals surface area contributed by atoms with Gasteiger partial charge in [-0.15, -0.1) is 0 Å². The zero-order valence-corrected chi connectivity index (χ0v) is 11.4. The van der Waals surface area contributed by atoms with Crippen molar-refractivity contribution in [2.24, 2.45) is 0 Å². The Kier molecular flexibility index (Phi) is 4.10. The Labute approximate surface area is 120 Å². The van der Waals surface area contributed by atoms with Gasteiger partial charge in [-0.2, -0.15) is 0 Å². The van der Waals surface area contributed by atoms with E-state index in [0.29, 0.717) is 13.0 Å². The summed E-state index contributed by atoms with van der Waals surface area (Å²) in [5.41, 5.74) is -1.44. The lowest BCUT2D eigenvalue weighted by molar-refractivity contribution is -0.384. The lowest BCUT2D eigenvalue weighted by Crippen LogP contribution is -2.43. The molecule has 8 nitrogen and oxygen atoms in total. The highest BCUT2D eigenvalue weighted by atomic mass is 16.6. The summed E-state index contributed by atoms with van der Waals surface area (Å²) in [6.45, 7) is 2.25. The molecule has 0 aromatic heterocycles. The normalized spacial score (nSPS) is 24.8. The van der Waals surface area contributed by atoms with E-state index in [4.69, 9.17) is 9.84 Å². The highest BCUT2D eigenvalue weighted by Crippen LogP contribution is 2.29. The van der Waals surface area contributed by atoms with Gasteiger partial charge in [-0.05, 0) is 19.1 Å². The van der Waals surface area contributed by atoms with Gasteiger partial charge in [0, 0.05) is 25.6 Å². The molecule has 1 fully saturated rings. The first-order valence-corrected chi connectivity index (χ1v) is 6.43. The summed E-state index contributed by atoms with van der Waals surface area (Å²) in [7, 11) is 0. The van der Waals surface area contributed by atoms with Crippen molar-refractivity contribution in [3.05, 3.63) is 33.9 Å². The van der Waals surface area contributed by atoms with E-state index in [1.807, 2.05) is 0 Å². The number of carbonyl (C=O) groups is 1. The molecule has 2 rings (SSSR count). The van der Waals surface area contributed by atoms with Crippen molar-refractivity contribution < 1.29 is 24.7 Å². The van der Waals surface area contributed by atoms with Crippen molar-refractivity contribution in [1.82, 2.24) is 0 Å². The highest BCUT2D eigenvalue weighted by molar-refractivity contribution is 5.89. The zero-order valence-electron chi connectivity index (χ0n) is 11.4. The number of hydrogen-bond donors (Lipinski definition) is 3. The zero-order chi connectivity index (χ0) is 15.6. The molecule has 1 aromatic rings. The van der Waals surface area contributed by atoms with Crippen molar-refractivity contribution in [2.75, 3.05) is 18.5 Å². The quantitative estimate of drug-likeness (QED) is 0.552. The minimum Gasteiger partial charge on any atom is -0.478 e. The van der Waals surface area contributed by atoms with Crippen LogP contribution < -0.4 is 5.32 Å². The molecule has 2 atom stereocenters. The second-order valence-corrected chi connectivity index (χ2v) is 5.01. The maximum Gasteiger partial charge on any atom is 0.335 e. The van der Waals surface area contributed by atoms with Crippen molar-refractivity contribution in [3.63, 3.8) is 0 Å². The van der Waals surface area contributed by atoms with Gasteiger partial charge in [0.25, 0.3) is 5.69 Å². The molecule has 1 aromatic carbocycles. The number of benzene rings is 1. The maximum absolute atomic E-state index is 11.0. The Morgan fingerprint density at radius 3 is 2.86 bits per heavy atom. The first-order chi connectivity index (χ1) is 9.83. The Morgan fingerprint density at radius 1 is 1.62 bits per heavy atom. The van der Waals surface area contributed by atoms with Crippen LogP contribution in [-0.2, 0) is 4.74 Å². The fourth-order valence-corrected chi connectivity index (χ4v) is 2.22. The minimum absolute atomic E-state index is 0.0847. The molecule has 114 valence electrons. The number of nitrogens with zero attached hydrogens (tertiary/aromatic N) is 1. The summed E-state index contributed by atoms with van der Waals surface area (Å²) in [6, 6.07) is 3.59. The molecule has 3 N–H and O–H groups in total. The third-order valence-electron chi connectivity index (χ3n) is 3.69. The van der Waals surface area contributed by atoms with E-state index in [1.54, 1.807) is 6.92 Å². The molecule has 0 radical (unpaired) electrons. The number of ether oxygens (including phenoxy) is 1. The van der Waals surface area contributed by atoms with Crippen LogP contribution in [0.4, 0.5) is 11.4 Å². The number of hydrogen-bond acceptors (Lipinski definition) is 6. The van der Waals surface area contributed by atoms with Crippen LogP contribution in [0.15, 0.2) is 18.2 Å². The molecule has 1 saturated heterocycles. The number of nitrogens with one attached hydrogen (secondary N) is 1. The number of nitro benzene ring substituents is 1. The summed E-state index contributed by atoms with van der Waals surface area (Å²) in [5.74, 6) is -1.24. The summed E-state index contributed by atoms with van der Waals surface area (Å²) in [6.07, 6.45) is 0.0599. The Balaban J connectivity index is 2.20. The lowest BCUT2D eigenvalue weighted by atomic mass is 9.96.